The van der Waals surface area contributed by atoms with Crippen LogP contribution >= 0.6 is 0 Å². The van der Waals surface area contributed by atoms with Crippen molar-refractivity contribution in [3.63, 3.8) is 0 Å². The highest BCUT2D eigenvalue weighted by Crippen LogP contribution is 1.94. The molecule has 0 aliphatic heterocycles. The van der Waals surface area contributed by atoms with Crippen LogP contribution in [0.2, 0.25) is 0 Å². The van der Waals surface area contributed by atoms with Gasteiger partial charge in [-0.25, -0.2) is 4.73 Å². The first-order chi connectivity index (χ1) is 5.16. The lowest BCUT2D eigenvalue weighted by Crippen LogP contribution is -2.41. The van der Waals surface area contributed by atoms with Gasteiger partial charge in [-0.1, -0.05) is 0 Å². The SMILES string of the molecule is N#Cc1c(N)[n+]([O-])cc[n+]1[O-]. The summed E-state index contributed by atoms with van der Waals surface area (Å²) in [6, 6.07) is 1.51. The van der Waals surface area contributed by atoms with Gasteiger partial charge < -0.3 is 10.4 Å². The summed E-state index contributed by atoms with van der Waals surface area (Å²) in [4.78, 5) is 0. The Balaban J connectivity index is 3.44. The molecule has 0 aromatic carbocycles. The smallest absolute Gasteiger partial charge is 0.384 e. The lowest BCUT2D eigenvalue weighted by Gasteiger charge is -2.03. The van der Waals surface area contributed by atoms with E-state index < -0.39 is 0 Å². The minimum absolute atomic E-state index is 0.240. The molecule has 0 spiro atoms. The standard InChI is InChI=1S/C5H4N4O2/c6-3-4-5(7)9(11)2-1-8(4)10/h1-2H,7H2. The van der Waals surface area contributed by atoms with E-state index in [0.717, 1.165) is 12.4 Å². The summed E-state index contributed by atoms with van der Waals surface area (Å²) >= 11 is 0. The number of nitrogens with zero attached hydrogens (tertiary/aromatic N) is 3. The maximum absolute atomic E-state index is 10.7. The van der Waals surface area contributed by atoms with Crippen molar-refractivity contribution in [2.45, 2.75) is 0 Å². The Morgan fingerprint density at radius 2 is 1.91 bits per heavy atom. The number of anilines is 1. The predicted octanol–water partition coefficient (Wildman–Crippen LogP) is -1.59. The summed E-state index contributed by atoms with van der Waals surface area (Å²) in [6.45, 7) is 0. The molecule has 0 radical (unpaired) electrons. The van der Waals surface area contributed by atoms with Crippen LogP contribution < -0.4 is 15.2 Å². The molecule has 0 aliphatic rings. The molecule has 0 fully saturated rings. The molecule has 0 amide bonds. The van der Waals surface area contributed by atoms with Gasteiger partial charge in [0, 0.05) is 0 Å². The summed E-state index contributed by atoms with van der Waals surface area (Å²) in [5.74, 6) is -0.384. The fraction of sp³-hybridized carbons (Fsp3) is 0. The average molecular weight is 152 g/mol. The van der Waals surface area contributed by atoms with Crippen molar-refractivity contribution < 1.29 is 9.46 Å². The maximum Gasteiger partial charge on any atom is 0.384 e. The zero-order chi connectivity index (χ0) is 8.43. The van der Waals surface area contributed by atoms with E-state index in [2.05, 4.69) is 0 Å². The molecule has 0 unspecified atom stereocenters. The Morgan fingerprint density at radius 3 is 2.36 bits per heavy atom. The Hall–Kier alpha value is -2.03. The van der Waals surface area contributed by atoms with Gasteiger partial charge >= 0.3 is 11.5 Å². The molecular formula is C5H4N4O2. The summed E-state index contributed by atoms with van der Waals surface area (Å²) in [7, 11) is 0. The summed E-state index contributed by atoms with van der Waals surface area (Å²) in [5, 5.41) is 29.6. The number of nitriles is 1. The van der Waals surface area contributed by atoms with Gasteiger partial charge in [0.15, 0.2) is 12.3 Å². The Labute approximate surface area is 61.9 Å². The second-order valence-electron chi connectivity index (χ2n) is 1.80. The van der Waals surface area contributed by atoms with E-state index >= 15 is 0 Å². The van der Waals surface area contributed by atoms with Crippen molar-refractivity contribution >= 4 is 5.82 Å². The number of aromatic nitrogens is 2. The van der Waals surface area contributed by atoms with Crippen LogP contribution in [0.3, 0.4) is 0 Å². The van der Waals surface area contributed by atoms with Crippen molar-refractivity contribution in [2.24, 2.45) is 0 Å². The third kappa shape index (κ3) is 0.986. The topological polar surface area (TPSA) is 104 Å². The maximum atomic E-state index is 10.7. The highest BCUT2D eigenvalue weighted by molar-refractivity contribution is 5.34. The van der Waals surface area contributed by atoms with Crippen LogP contribution in [-0.2, 0) is 0 Å². The third-order valence-electron chi connectivity index (χ3n) is 1.14. The highest BCUT2D eigenvalue weighted by Gasteiger charge is 2.16. The lowest BCUT2D eigenvalue weighted by molar-refractivity contribution is -0.656. The van der Waals surface area contributed by atoms with Gasteiger partial charge in [-0.15, -0.1) is 0 Å². The van der Waals surface area contributed by atoms with E-state index in [9.17, 15) is 10.4 Å². The predicted molar refractivity (Wildman–Crippen MR) is 33.5 cm³/mol. The molecule has 6 heteroatoms. The van der Waals surface area contributed by atoms with E-state index in [1.807, 2.05) is 0 Å². The van der Waals surface area contributed by atoms with Gasteiger partial charge in [0.05, 0.1) is 0 Å². The molecule has 0 aliphatic carbocycles. The van der Waals surface area contributed by atoms with Crippen LogP contribution in [0.15, 0.2) is 12.4 Å². The second kappa shape index (κ2) is 2.30. The molecule has 11 heavy (non-hydrogen) atoms. The van der Waals surface area contributed by atoms with E-state index in [4.69, 9.17) is 11.0 Å². The van der Waals surface area contributed by atoms with Crippen LogP contribution in [0.5, 0.6) is 0 Å². The molecule has 56 valence electrons. The molecule has 0 atom stereocenters. The third-order valence-corrected chi connectivity index (χ3v) is 1.14. The molecule has 6 nitrogen and oxygen atoms in total. The fourth-order valence-electron chi connectivity index (χ4n) is 0.600. The van der Waals surface area contributed by atoms with Gasteiger partial charge in [0.2, 0.25) is 6.20 Å². The van der Waals surface area contributed by atoms with Gasteiger partial charge in [-0.05, 0) is 0 Å². The molecule has 1 aromatic rings. The van der Waals surface area contributed by atoms with Crippen molar-refractivity contribution in [3.8, 4) is 6.07 Å². The van der Waals surface area contributed by atoms with E-state index in [1.165, 1.54) is 6.07 Å². The van der Waals surface area contributed by atoms with Crippen molar-refractivity contribution in [3.05, 3.63) is 28.5 Å². The summed E-state index contributed by atoms with van der Waals surface area (Å²) in [5.41, 5.74) is 4.71. The first-order valence-corrected chi connectivity index (χ1v) is 2.67. The van der Waals surface area contributed by atoms with Gasteiger partial charge in [-0.2, -0.15) is 9.99 Å². The van der Waals surface area contributed by atoms with E-state index in [0.29, 0.717) is 0 Å². The van der Waals surface area contributed by atoms with Crippen LogP contribution in [0.1, 0.15) is 5.69 Å². The van der Waals surface area contributed by atoms with Crippen LogP contribution in [0.4, 0.5) is 5.82 Å². The van der Waals surface area contributed by atoms with Crippen molar-refractivity contribution in [1.29, 1.82) is 5.26 Å². The number of hydrogen-bond acceptors (Lipinski definition) is 4. The zero-order valence-electron chi connectivity index (χ0n) is 5.39. The number of hydrogen-bond donors (Lipinski definition) is 1. The first kappa shape index (κ1) is 7.08. The normalized spacial score (nSPS) is 9.00. The molecular weight excluding hydrogens is 148 g/mol. The molecule has 2 N–H and O–H groups in total. The number of rotatable bonds is 0. The second-order valence-corrected chi connectivity index (χ2v) is 1.80. The quantitative estimate of drug-likeness (QED) is 0.357. The van der Waals surface area contributed by atoms with Gasteiger partial charge in [-0.3, -0.25) is 5.73 Å². The van der Waals surface area contributed by atoms with Crippen molar-refractivity contribution in [2.75, 3.05) is 5.73 Å². The molecule has 1 aromatic heterocycles. The number of nitrogens with two attached hydrogens (primary N) is 1. The van der Waals surface area contributed by atoms with Crippen LogP contribution in [0.25, 0.3) is 0 Å². The largest absolute Gasteiger partial charge is 0.710 e. The summed E-state index contributed by atoms with van der Waals surface area (Å²) in [6.07, 6.45) is 1.85. The fourth-order valence-corrected chi connectivity index (χ4v) is 0.600. The monoisotopic (exact) mass is 152 g/mol. The van der Waals surface area contributed by atoms with Gasteiger partial charge in [0.1, 0.15) is 0 Å². The van der Waals surface area contributed by atoms with E-state index in [1.54, 1.807) is 0 Å². The molecule has 1 rings (SSSR count). The zero-order valence-corrected chi connectivity index (χ0v) is 5.39. The van der Waals surface area contributed by atoms with Crippen molar-refractivity contribution in [1.82, 2.24) is 0 Å². The Bertz CT molecular complexity index is 330. The Kier molecular flexibility index (Phi) is 1.48. The Morgan fingerprint density at radius 1 is 1.36 bits per heavy atom. The van der Waals surface area contributed by atoms with Crippen LogP contribution in [0, 0.1) is 21.7 Å². The lowest BCUT2D eigenvalue weighted by atomic mass is 10.4. The number of nitrogen functional groups attached to an aromatic ring is 1. The molecule has 0 saturated heterocycles. The molecule has 0 saturated carbocycles. The van der Waals surface area contributed by atoms with Gasteiger partial charge in [0.25, 0.3) is 0 Å². The molecule has 1 heterocycles. The van der Waals surface area contributed by atoms with Crippen LogP contribution in [-0.4, -0.2) is 0 Å². The average Bonchev–Trinajstić information content (AvgIpc) is 1.99. The minimum Gasteiger partial charge on any atom is -0.710 e. The highest BCUT2D eigenvalue weighted by atomic mass is 16.5. The first-order valence-electron chi connectivity index (χ1n) is 2.67. The molecule has 0 bridgehead atoms. The van der Waals surface area contributed by atoms with E-state index in [-0.39, 0.29) is 21.0 Å². The summed E-state index contributed by atoms with van der Waals surface area (Å²) < 4.78 is 0.497. The minimum atomic E-state index is -0.387.